The molecule has 1 fully saturated rings. The molecule has 0 aromatic heterocycles. The van der Waals surface area contributed by atoms with Gasteiger partial charge in [0.25, 0.3) is 5.91 Å². The van der Waals surface area contributed by atoms with Gasteiger partial charge in [0, 0.05) is 10.4 Å². The topological polar surface area (TPSA) is 91.2 Å². The molecular weight excluding hydrogens is 398 g/mol. The second-order valence-corrected chi connectivity index (χ2v) is 6.88. The van der Waals surface area contributed by atoms with Crippen molar-refractivity contribution in [2.24, 2.45) is 5.92 Å². The quantitative estimate of drug-likeness (QED) is 0.736. The van der Waals surface area contributed by atoms with E-state index < -0.39 is 5.91 Å². The zero-order valence-electron chi connectivity index (χ0n) is 13.7. The van der Waals surface area contributed by atoms with E-state index in [-0.39, 0.29) is 24.3 Å². The Labute approximate surface area is 159 Å². The van der Waals surface area contributed by atoms with Crippen LogP contribution in [0.5, 0.6) is 5.75 Å². The predicted molar refractivity (Wildman–Crippen MR) is 97.9 cm³/mol. The molecule has 2 unspecified atom stereocenters. The van der Waals surface area contributed by atoms with Crippen LogP contribution in [0.1, 0.15) is 23.5 Å². The minimum Gasteiger partial charge on any atom is -0.484 e. The molecule has 2 aromatic carbocycles. The van der Waals surface area contributed by atoms with Crippen LogP contribution in [0.4, 0.5) is 0 Å². The molecule has 0 radical (unpaired) electrons. The number of hydrogen-bond acceptors (Lipinski definition) is 4. The Morgan fingerprint density at radius 2 is 1.81 bits per heavy atom. The number of nitriles is 1. The third-order valence-corrected chi connectivity index (χ3v) is 4.63. The number of amides is 2. The fourth-order valence-electron chi connectivity index (χ4n) is 2.60. The lowest BCUT2D eigenvalue weighted by Crippen LogP contribution is -2.44. The standard InChI is InChI=1S/C19H16BrN3O3/c20-14-5-3-13(4-6-14)16-9-17(16)19(25)23-22-18(24)11-26-15-7-1-12(10-21)2-8-15/h1-8,16-17H,9,11H2,(H,22,24)(H,23,25). The van der Waals surface area contributed by atoms with Gasteiger partial charge in [0.15, 0.2) is 6.61 Å². The number of ether oxygens (including phenoxy) is 1. The molecule has 6 nitrogen and oxygen atoms in total. The maximum atomic E-state index is 12.1. The van der Waals surface area contributed by atoms with Crippen molar-refractivity contribution in [2.45, 2.75) is 12.3 Å². The monoisotopic (exact) mass is 413 g/mol. The fourth-order valence-corrected chi connectivity index (χ4v) is 2.86. The molecule has 2 amide bonds. The van der Waals surface area contributed by atoms with Crippen LogP contribution in [0, 0.1) is 17.2 Å². The normalized spacial score (nSPS) is 17.7. The number of carbonyl (C=O) groups is 2. The summed E-state index contributed by atoms with van der Waals surface area (Å²) in [4.78, 5) is 23.9. The van der Waals surface area contributed by atoms with Crippen molar-refractivity contribution in [1.29, 1.82) is 5.26 Å². The SMILES string of the molecule is N#Cc1ccc(OCC(=O)NNC(=O)C2CC2c2ccc(Br)cc2)cc1. The van der Waals surface area contributed by atoms with Crippen molar-refractivity contribution < 1.29 is 14.3 Å². The van der Waals surface area contributed by atoms with E-state index in [0.717, 1.165) is 16.5 Å². The summed E-state index contributed by atoms with van der Waals surface area (Å²) in [6.07, 6.45) is 0.769. The van der Waals surface area contributed by atoms with E-state index in [0.29, 0.717) is 11.3 Å². The number of hydrogen-bond donors (Lipinski definition) is 2. The summed E-state index contributed by atoms with van der Waals surface area (Å²) in [6, 6.07) is 16.3. The van der Waals surface area contributed by atoms with Gasteiger partial charge in [-0.05, 0) is 54.3 Å². The van der Waals surface area contributed by atoms with Crippen LogP contribution in [-0.2, 0) is 9.59 Å². The van der Waals surface area contributed by atoms with Crippen LogP contribution in [0.2, 0.25) is 0 Å². The highest BCUT2D eigenvalue weighted by Gasteiger charge is 2.44. The number of rotatable bonds is 5. The van der Waals surface area contributed by atoms with Crippen LogP contribution < -0.4 is 15.6 Å². The Morgan fingerprint density at radius 1 is 1.12 bits per heavy atom. The molecule has 26 heavy (non-hydrogen) atoms. The summed E-state index contributed by atoms with van der Waals surface area (Å²) in [7, 11) is 0. The predicted octanol–water partition coefficient (Wildman–Crippen LogP) is 2.65. The van der Waals surface area contributed by atoms with Crippen LogP contribution in [0.3, 0.4) is 0 Å². The van der Waals surface area contributed by atoms with Crippen molar-refractivity contribution in [3.8, 4) is 11.8 Å². The number of hydrazine groups is 1. The van der Waals surface area contributed by atoms with Gasteiger partial charge in [-0.15, -0.1) is 0 Å². The first-order valence-corrected chi connectivity index (χ1v) is 8.83. The van der Waals surface area contributed by atoms with E-state index in [1.54, 1.807) is 24.3 Å². The maximum Gasteiger partial charge on any atom is 0.276 e. The van der Waals surface area contributed by atoms with Gasteiger partial charge in [-0.3, -0.25) is 20.4 Å². The lowest BCUT2D eigenvalue weighted by atomic mass is 10.1. The molecule has 0 saturated heterocycles. The number of nitrogens with zero attached hydrogens (tertiary/aromatic N) is 1. The molecule has 3 rings (SSSR count). The van der Waals surface area contributed by atoms with Crippen LogP contribution in [-0.4, -0.2) is 18.4 Å². The first kappa shape index (κ1) is 18.0. The van der Waals surface area contributed by atoms with Crippen LogP contribution in [0.15, 0.2) is 53.0 Å². The molecule has 7 heteroatoms. The molecule has 132 valence electrons. The molecule has 2 aromatic rings. The molecule has 2 N–H and O–H groups in total. The highest BCUT2D eigenvalue weighted by Crippen LogP contribution is 2.47. The average molecular weight is 414 g/mol. The summed E-state index contributed by atoms with van der Waals surface area (Å²) in [5.74, 6) is -0.123. The van der Waals surface area contributed by atoms with E-state index in [1.165, 1.54) is 0 Å². The molecule has 0 heterocycles. The highest BCUT2D eigenvalue weighted by atomic mass is 79.9. The minimum absolute atomic E-state index is 0.129. The van der Waals surface area contributed by atoms with Crippen molar-refractivity contribution in [3.63, 3.8) is 0 Å². The largest absolute Gasteiger partial charge is 0.484 e. The fraction of sp³-hybridized carbons (Fsp3) is 0.211. The van der Waals surface area contributed by atoms with Crippen LogP contribution >= 0.6 is 15.9 Å². The van der Waals surface area contributed by atoms with Crippen molar-refractivity contribution in [1.82, 2.24) is 10.9 Å². The Morgan fingerprint density at radius 3 is 2.46 bits per heavy atom. The van der Waals surface area contributed by atoms with Gasteiger partial charge in [-0.25, -0.2) is 0 Å². The summed E-state index contributed by atoms with van der Waals surface area (Å²) in [6.45, 7) is -0.229. The van der Waals surface area contributed by atoms with Crippen molar-refractivity contribution >= 4 is 27.7 Å². The second kappa shape index (κ2) is 8.02. The smallest absolute Gasteiger partial charge is 0.276 e. The van der Waals surface area contributed by atoms with Crippen molar-refractivity contribution in [3.05, 3.63) is 64.1 Å². The third kappa shape index (κ3) is 4.61. The number of nitrogens with one attached hydrogen (secondary N) is 2. The zero-order chi connectivity index (χ0) is 18.5. The van der Waals surface area contributed by atoms with Gasteiger partial charge >= 0.3 is 0 Å². The Kier molecular flexibility index (Phi) is 5.54. The second-order valence-electron chi connectivity index (χ2n) is 5.96. The molecule has 0 spiro atoms. The summed E-state index contributed by atoms with van der Waals surface area (Å²) >= 11 is 3.39. The van der Waals surface area contributed by atoms with Gasteiger partial charge in [0.1, 0.15) is 5.75 Å². The summed E-state index contributed by atoms with van der Waals surface area (Å²) in [5.41, 5.74) is 6.42. The van der Waals surface area contributed by atoms with Gasteiger partial charge in [0.2, 0.25) is 5.91 Å². The number of benzene rings is 2. The molecule has 1 saturated carbocycles. The first-order valence-electron chi connectivity index (χ1n) is 8.04. The Balaban J connectivity index is 1.40. The van der Waals surface area contributed by atoms with Crippen molar-refractivity contribution in [2.75, 3.05) is 6.61 Å². The highest BCUT2D eigenvalue weighted by molar-refractivity contribution is 9.10. The molecule has 1 aliphatic rings. The first-order chi connectivity index (χ1) is 12.6. The molecule has 0 aliphatic heterocycles. The van der Waals surface area contributed by atoms with Gasteiger partial charge in [-0.1, -0.05) is 28.1 Å². The number of carbonyl (C=O) groups excluding carboxylic acids is 2. The lowest BCUT2D eigenvalue weighted by molar-refractivity contribution is -0.130. The van der Waals surface area contributed by atoms with E-state index >= 15 is 0 Å². The zero-order valence-corrected chi connectivity index (χ0v) is 15.3. The maximum absolute atomic E-state index is 12.1. The van der Waals surface area contributed by atoms with Gasteiger partial charge in [-0.2, -0.15) is 5.26 Å². The van der Waals surface area contributed by atoms with Crippen LogP contribution in [0.25, 0.3) is 0 Å². The molecule has 2 atom stereocenters. The summed E-state index contributed by atoms with van der Waals surface area (Å²) in [5, 5.41) is 8.72. The Hall–Kier alpha value is -2.85. The van der Waals surface area contributed by atoms with Gasteiger partial charge < -0.3 is 4.74 Å². The molecule has 0 bridgehead atoms. The Bertz CT molecular complexity index is 844. The number of halogens is 1. The average Bonchev–Trinajstić information content (AvgIpc) is 3.46. The summed E-state index contributed by atoms with van der Waals surface area (Å²) < 4.78 is 6.30. The minimum atomic E-state index is -0.455. The van der Waals surface area contributed by atoms with E-state index in [1.807, 2.05) is 30.3 Å². The third-order valence-electron chi connectivity index (χ3n) is 4.10. The van der Waals surface area contributed by atoms with Gasteiger partial charge in [0.05, 0.1) is 11.6 Å². The van der Waals surface area contributed by atoms with E-state index in [9.17, 15) is 9.59 Å². The molecular formula is C19H16BrN3O3. The van der Waals surface area contributed by atoms with E-state index in [4.69, 9.17) is 10.00 Å². The van der Waals surface area contributed by atoms with E-state index in [2.05, 4.69) is 26.8 Å². The lowest BCUT2D eigenvalue weighted by Gasteiger charge is -2.09. The molecule has 1 aliphatic carbocycles.